The first-order valence-electron chi connectivity index (χ1n) is 8.28. The average molecular weight is 456 g/mol. The van der Waals surface area contributed by atoms with Gasteiger partial charge in [0.1, 0.15) is 17.9 Å². The summed E-state index contributed by atoms with van der Waals surface area (Å²) in [6, 6.07) is 8.15. The van der Waals surface area contributed by atoms with Crippen LogP contribution in [0, 0.1) is 0 Å². The van der Waals surface area contributed by atoms with E-state index in [4.69, 9.17) is 4.74 Å². The van der Waals surface area contributed by atoms with E-state index in [-0.39, 0.29) is 24.0 Å². The first-order chi connectivity index (χ1) is 11.8. The summed E-state index contributed by atoms with van der Waals surface area (Å²) in [6.07, 6.45) is 5.50. The highest BCUT2D eigenvalue weighted by Gasteiger charge is 2.20. The van der Waals surface area contributed by atoms with Crippen molar-refractivity contribution in [1.29, 1.82) is 0 Å². The second-order valence-corrected chi connectivity index (χ2v) is 5.86. The summed E-state index contributed by atoms with van der Waals surface area (Å²) < 4.78 is 7.80. The lowest BCUT2D eigenvalue weighted by Gasteiger charge is -2.27. The normalized spacial score (nSPS) is 14.4. The van der Waals surface area contributed by atoms with E-state index >= 15 is 0 Å². The number of nitrogens with zero attached hydrogens (tertiary/aromatic N) is 4. The minimum atomic E-state index is 0. The molecule has 1 aromatic heterocycles. The summed E-state index contributed by atoms with van der Waals surface area (Å²) in [5.74, 6) is 2.53. The van der Waals surface area contributed by atoms with Gasteiger partial charge in [-0.05, 0) is 25.3 Å². The topological polar surface area (TPSA) is 76.4 Å². The number of benzene rings is 1. The molecule has 1 fully saturated rings. The summed E-state index contributed by atoms with van der Waals surface area (Å²) in [5, 5.41) is 10.6. The average Bonchev–Trinajstić information content (AvgIpc) is 2.97. The maximum absolute atomic E-state index is 6.06. The van der Waals surface area contributed by atoms with Crippen molar-refractivity contribution in [2.24, 2.45) is 12.0 Å². The zero-order valence-electron chi connectivity index (χ0n) is 14.6. The number of halogens is 1. The molecule has 0 unspecified atom stereocenters. The molecule has 8 heteroatoms. The van der Waals surface area contributed by atoms with Crippen molar-refractivity contribution < 1.29 is 4.74 Å². The lowest BCUT2D eigenvalue weighted by Crippen LogP contribution is -2.37. The van der Waals surface area contributed by atoms with Crippen LogP contribution in [0.5, 0.6) is 5.75 Å². The Morgan fingerprint density at radius 2 is 2.04 bits per heavy atom. The number of hydrogen-bond donors (Lipinski definition) is 2. The van der Waals surface area contributed by atoms with E-state index in [1.54, 1.807) is 18.1 Å². The lowest BCUT2D eigenvalue weighted by atomic mass is 9.96. The Morgan fingerprint density at radius 3 is 2.68 bits per heavy atom. The molecule has 0 spiro atoms. The quantitative estimate of drug-likeness (QED) is 0.396. The molecule has 1 aliphatic carbocycles. The predicted molar refractivity (Wildman–Crippen MR) is 108 cm³/mol. The molecule has 136 valence electrons. The Balaban J connectivity index is 0.00000225. The van der Waals surface area contributed by atoms with Crippen LogP contribution in [0.25, 0.3) is 0 Å². The van der Waals surface area contributed by atoms with E-state index in [1.807, 2.05) is 25.2 Å². The maximum Gasteiger partial charge on any atom is 0.191 e. The van der Waals surface area contributed by atoms with Crippen LogP contribution in [0.2, 0.25) is 0 Å². The highest BCUT2D eigenvalue weighted by atomic mass is 127. The third-order valence-electron chi connectivity index (χ3n) is 4.21. The van der Waals surface area contributed by atoms with Crippen LogP contribution in [0.1, 0.15) is 30.7 Å². The number of ether oxygens (including phenoxy) is 1. The van der Waals surface area contributed by atoms with Crippen molar-refractivity contribution in [3.8, 4) is 5.75 Å². The molecule has 0 radical (unpaired) electrons. The molecular formula is C17H25IN6O. The van der Waals surface area contributed by atoms with Gasteiger partial charge in [-0.15, -0.1) is 24.0 Å². The fraction of sp³-hybridized carbons (Fsp3) is 0.471. The van der Waals surface area contributed by atoms with Gasteiger partial charge in [-0.25, -0.2) is 4.98 Å². The highest BCUT2D eigenvalue weighted by molar-refractivity contribution is 14.0. The van der Waals surface area contributed by atoms with Gasteiger partial charge in [0.05, 0.1) is 12.6 Å². The third kappa shape index (κ3) is 5.32. The summed E-state index contributed by atoms with van der Waals surface area (Å²) in [5.41, 5.74) is 1.13. The summed E-state index contributed by atoms with van der Waals surface area (Å²) in [4.78, 5) is 8.44. The second-order valence-electron chi connectivity index (χ2n) is 5.86. The number of nitrogens with one attached hydrogen (secondary N) is 2. The number of hydrogen-bond acceptors (Lipinski definition) is 4. The fourth-order valence-corrected chi connectivity index (χ4v) is 2.48. The third-order valence-corrected chi connectivity index (χ3v) is 4.21. The van der Waals surface area contributed by atoms with E-state index in [1.165, 1.54) is 6.42 Å². The molecule has 0 atom stereocenters. The molecular weight excluding hydrogens is 431 g/mol. The largest absolute Gasteiger partial charge is 0.490 e. The number of aromatic nitrogens is 3. The monoisotopic (exact) mass is 456 g/mol. The van der Waals surface area contributed by atoms with Gasteiger partial charge in [0.25, 0.3) is 0 Å². The Bertz CT molecular complexity index is 698. The molecule has 0 saturated heterocycles. The Kier molecular flexibility index (Phi) is 7.48. The number of aryl methyl sites for hydroxylation is 1. The first kappa shape index (κ1) is 19.5. The minimum Gasteiger partial charge on any atom is -0.490 e. The number of aliphatic imine (C=N–C) groups is 1. The fourth-order valence-electron chi connectivity index (χ4n) is 2.48. The van der Waals surface area contributed by atoms with E-state index in [2.05, 4.69) is 31.8 Å². The number of guanidine groups is 1. The van der Waals surface area contributed by atoms with Gasteiger partial charge in [-0.2, -0.15) is 5.10 Å². The Morgan fingerprint density at radius 1 is 1.28 bits per heavy atom. The van der Waals surface area contributed by atoms with Crippen LogP contribution in [-0.4, -0.2) is 33.9 Å². The van der Waals surface area contributed by atoms with Crippen LogP contribution in [-0.2, 0) is 20.1 Å². The Labute approximate surface area is 165 Å². The molecule has 1 saturated carbocycles. The van der Waals surface area contributed by atoms with E-state index in [0.717, 1.165) is 35.9 Å². The molecule has 0 bridgehead atoms. The summed E-state index contributed by atoms with van der Waals surface area (Å²) in [6.45, 7) is 1.22. The van der Waals surface area contributed by atoms with Gasteiger partial charge in [0.15, 0.2) is 5.96 Å². The summed E-state index contributed by atoms with van der Waals surface area (Å²) >= 11 is 0. The minimum absolute atomic E-state index is 0. The van der Waals surface area contributed by atoms with Crippen LogP contribution in [0.4, 0.5) is 0 Å². The molecule has 1 aliphatic rings. The molecule has 3 rings (SSSR count). The zero-order valence-corrected chi connectivity index (χ0v) is 16.9. The van der Waals surface area contributed by atoms with Crippen molar-refractivity contribution in [3.63, 3.8) is 0 Å². The second kappa shape index (κ2) is 9.59. The molecule has 0 aliphatic heterocycles. The number of rotatable bonds is 6. The van der Waals surface area contributed by atoms with E-state index in [9.17, 15) is 0 Å². The van der Waals surface area contributed by atoms with E-state index < -0.39 is 0 Å². The van der Waals surface area contributed by atoms with Crippen molar-refractivity contribution >= 4 is 29.9 Å². The zero-order chi connectivity index (χ0) is 16.8. The van der Waals surface area contributed by atoms with Crippen molar-refractivity contribution in [3.05, 3.63) is 42.0 Å². The smallest absolute Gasteiger partial charge is 0.191 e. The van der Waals surface area contributed by atoms with Gasteiger partial charge in [-0.1, -0.05) is 18.2 Å². The molecule has 1 aromatic carbocycles. The molecule has 7 nitrogen and oxygen atoms in total. The van der Waals surface area contributed by atoms with Gasteiger partial charge < -0.3 is 15.4 Å². The SMILES string of the molecule is CN=C(NCc1ccccc1OC1CCC1)NCc1ncnn1C.I. The van der Waals surface area contributed by atoms with Gasteiger partial charge in [0.2, 0.25) is 0 Å². The van der Waals surface area contributed by atoms with Gasteiger partial charge in [-0.3, -0.25) is 9.67 Å². The molecule has 2 N–H and O–H groups in total. The maximum atomic E-state index is 6.06. The summed E-state index contributed by atoms with van der Waals surface area (Å²) in [7, 11) is 3.62. The van der Waals surface area contributed by atoms with Crippen molar-refractivity contribution in [2.45, 2.75) is 38.5 Å². The van der Waals surface area contributed by atoms with Crippen molar-refractivity contribution in [2.75, 3.05) is 7.05 Å². The van der Waals surface area contributed by atoms with Crippen LogP contribution in [0.3, 0.4) is 0 Å². The molecule has 0 amide bonds. The first-order valence-corrected chi connectivity index (χ1v) is 8.28. The van der Waals surface area contributed by atoms with Crippen molar-refractivity contribution in [1.82, 2.24) is 25.4 Å². The Hall–Kier alpha value is -1.84. The van der Waals surface area contributed by atoms with Crippen LogP contribution in [0.15, 0.2) is 35.6 Å². The molecule has 1 heterocycles. The number of para-hydroxylation sites is 1. The van der Waals surface area contributed by atoms with Crippen LogP contribution < -0.4 is 15.4 Å². The van der Waals surface area contributed by atoms with Crippen LogP contribution >= 0.6 is 24.0 Å². The standard InChI is InChI=1S/C17H24N6O.HI/c1-18-17(20-11-16-21-12-22-23(16)2)19-10-13-6-3-4-9-15(13)24-14-7-5-8-14;/h3-4,6,9,12,14H,5,7-8,10-11H2,1-2H3,(H2,18,19,20);1H. The predicted octanol–water partition coefficient (Wildman–Crippen LogP) is 2.23. The highest BCUT2D eigenvalue weighted by Crippen LogP contribution is 2.27. The lowest BCUT2D eigenvalue weighted by molar-refractivity contribution is 0.119. The van der Waals surface area contributed by atoms with Gasteiger partial charge >= 0.3 is 0 Å². The molecule has 25 heavy (non-hydrogen) atoms. The van der Waals surface area contributed by atoms with Gasteiger partial charge in [0, 0.05) is 26.2 Å². The molecule has 2 aromatic rings. The van der Waals surface area contributed by atoms with E-state index in [0.29, 0.717) is 19.2 Å².